The van der Waals surface area contributed by atoms with E-state index in [0.29, 0.717) is 11.7 Å². The molecule has 6 rings (SSSR count). The molecule has 2 heterocycles. The smallest absolute Gasteiger partial charge is 0.230 e. The van der Waals surface area contributed by atoms with E-state index in [4.69, 9.17) is 0 Å². The Hall–Kier alpha value is -4.18. The van der Waals surface area contributed by atoms with Gasteiger partial charge in [0.1, 0.15) is 0 Å². The number of fused-ring (bicyclic) bond motifs is 4. The summed E-state index contributed by atoms with van der Waals surface area (Å²) in [7, 11) is 0. The summed E-state index contributed by atoms with van der Waals surface area (Å²) in [5.74, 6) is 0.802. The topological polar surface area (TPSA) is 40.0 Å². The number of rotatable bonds is 3. The molecule has 0 saturated carbocycles. The van der Waals surface area contributed by atoms with E-state index in [1.54, 1.807) is 0 Å². The zero-order valence-electron chi connectivity index (χ0n) is 22.7. The highest BCUT2D eigenvalue weighted by Crippen LogP contribution is 2.56. The first kappa shape index (κ1) is 25.5. The largest absolute Gasteiger partial charge is 0.377 e. The molecule has 0 amide bonds. The molecule has 3 aliphatic rings. The van der Waals surface area contributed by atoms with Crippen LogP contribution in [-0.2, 0) is 5.41 Å². The van der Waals surface area contributed by atoms with Crippen LogP contribution in [0.5, 0.6) is 0 Å². The fraction of sp³-hybridized carbons (Fsp3) is 0.235. The highest BCUT2D eigenvalue weighted by molar-refractivity contribution is 6.03. The average molecular weight is 501 g/mol. The van der Waals surface area contributed by atoms with Crippen LogP contribution < -0.4 is 10.2 Å². The van der Waals surface area contributed by atoms with Crippen LogP contribution in [0.3, 0.4) is 0 Å². The molecule has 38 heavy (non-hydrogen) atoms. The number of nitrogens with zero attached hydrogens (tertiary/aromatic N) is 3. The Morgan fingerprint density at radius 2 is 1.61 bits per heavy atom. The first-order valence-electron chi connectivity index (χ1n) is 13.4. The molecular weight excluding hydrogens is 464 g/mol. The van der Waals surface area contributed by atoms with E-state index in [1.165, 1.54) is 27.9 Å². The minimum Gasteiger partial charge on any atom is -0.377 e. The number of hydrogen-bond acceptors (Lipinski definition) is 2. The number of anilines is 2. The molecular formula is C34H36N4. The first-order chi connectivity index (χ1) is 18.5. The predicted octanol–water partition coefficient (Wildman–Crippen LogP) is 8.17. The fourth-order valence-electron chi connectivity index (χ4n) is 6.12. The summed E-state index contributed by atoms with van der Waals surface area (Å²) in [6.45, 7) is 16.1. The number of benzene rings is 3. The van der Waals surface area contributed by atoms with Crippen molar-refractivity contribution in [1.82, 2.24) is 0 Å². The van der Waals surface area contributed by atoms with Gasteiger partial charge in [-0.2, -0.15) is 0 Å². The van der Waals surface area contributed by atoms with Crippen molar-refractivity contribution in [1.29, 1.82) is 0 Å². The lowest BCUT2D eigenvalue weighted by atomic mass is 9.70. The molecule has 0 aromatic heterocycles. The lowest BCUT2D eigenvalue weighted by molar-refractivity contribution is 0.514. The van der Waals surface area contributed by atoms with Gasteiger partial charge in [-0.05, 0) is 55.0 Å². The summed E-state index contributed by atoms with van der Waals surface area (Å²) >= 11 is 0. The van der Waals surface area contributed by atoms with Crippen molar-refractivity contribution < 1.29 is 0 Å². The summed E-state index contributed by atoms with van der Waals surface area (Å²) in [4.78, 5) is 11.2. The summed E-state index contributed by atoms with van der Waals surface area (Å²) in [5.41, 5.74) is 7.85. The minimum atomic E-state index is -0.272. The predicted molar refractivity (Wildman–Crippen MR) is 163 cm³/mol. The number of nitrogens with one attached hydrogen (secondary N) is 1. The average Bonchev–Trinajstić information content (AvgIpc) is 3.45. The Labute approximate surface area is 226 Å². The second-order valence-electron chi connectivity index (χ2n) is 9.97. The van der Waals surface area contributed by atoms with E-state index in [0.717, 1.165) is 5.69 Å². The SMILES string of the molecule is C=NC(=NC(=C)C)N1c2cc3c(cc2C2C=CC=CC21)NC(c1ccccc1)C3(C)c1ccccc1.CC. The van der Waals surface area contributed by atoms with Crippen LogP contribution >= 0.6 is 0 Å². The molecule has 0 saturated heterocycles. The quantitative estimate of drug-likeness (QED) is 0.291. The molecule has 3 aromatic carbocycles. The van der Waals surface area contributed by atoms with Gasteiger partial charge >= 0.3 is 0 Å². The summed E-state index contributed by atoms with van der Waals surface area (Å²) in [5, 5.41) is 3.91. The van der Waals surface area contributed by atoms with E-state index in [9.17, 15) is 0 Å². The van der Waals surface area contributed by atoms with Gasteiger partial charge in [-0.1, -0.05) is 105 Å². The van der Waals surface area contributed by atoms with Crippen molar-refractivity contribution in [2.24, 2.45) is 9.98 Å². The van der Waals surface area contributed by atoms with Gasteiger partial charge in [0.2, 0.25) is 5.96 Å². The number of guanidine groups is 1. The molecule has 3 aromatic rings. The van der Waals surface area contributed by atoms with E-state index in [2.05, 4.69) is 138 Å². The van der Waals surface area contributed by atoms with Crippen molar-refractivity contribution in [3.8, 4) is 0 Å². The highest BCUT2D eigenvalue weighted by Gasteiger charge is 2.48. The second-order valence-corrected chi connectivity index (χ2v) is 9.97. The molecule has 0 fully saturated rings. The maximum absolute atomic E-state index is 4.66. The zero-order chi connectivity index (χ0) is 26.9. The van der Waals surface area contributed by atoms with Crippen molar-refractivity contribution in [3.63, 3.8) is 0 Å². The summed E-state index contributed by atoms with van der Waals surface area (Å²) in [6.07, 6.45) is 8.74. The Bertz CT molecular complexity index is 1430. The molecule has 4 heteroatoms. The Morgan fingerprint density at radius 1 is 0.947 bits per heavy atom. The highest BCUT2D eigenvalue weighted by atomic mass is 15.3. The van der Waals surface area contributed by atoms with Gasteiger partial charge in [0.15, 0.2) is 0 Å². The maximum atomic E-state index is 4.66. The zero-order valence-corrected chi connectivity index (χ0v) is 22.7. The third-order valence-corrected chi connectivity index (χ3v) is 7.78. The molecule has 0 radical (unpaired) electrons. The van der Waals surface area contributed by atoms with Crippen LogP contribution in [0.1, 0.15) is 61.9 Å². The van der Waals surface area contributed by atoms with Crippen molar-refractivity contribution in [3.05, 3.63) is 132 Å². The molecule has 4 unspecified atom stereocenters. The molecule has 192 valence electrons. The monoisotopic (exact) mass is 500 g/mol. The molecule has 4 atom stereocenters. The molecule has 1 N–H and O–H groups in total. The lowest BCUT2D eigenvalue weighted by Gasteiger charge is -2.34. The summed E-state index contributed by atoms with van der Waals surface area (Å²) in [6, 6.07) is 26.5. The van der Waals surface area contributed by atoms with Gasteiger partial charge in [0, 0.05) is 28.4 Å². The second kappa shape index (κ2) is 10.3. The Kier molecular flexibility index (Phi) is 6.90. The molecule has 0 spiro atoms. The van der Waals surface area contributed by atoms with E-state index < -0.39 is 0 Å². The standard InChI is InChI=1S/C32H30N4.C2H6/c1-21(2)34-31(33-4)36-28-18-12-11-17-24(28)25-19-27-26(20-29(25)36)32(3,23-15-9-6-10-16-23)30(35-27)22-13-7-5-8-14-22;1-2/h5-20,24,28,30,35H,1,4H2,2-3H3;1-2H3. The van der Waals surface area contributed by atoms with Gasteiger partial charge in [-0.25, -0.2) is 9.98 Å². The van der Waals surface area contributed by atoms with Crippen LogP contribution in [0, 0.1) is 0 Å². The number of hydrogen-bond donors (Lipinski definition) is 1. The van der Waals surface area contributed by atoms with Gasteiger partial charge < -0.3 is 10.2 Å². The van der Waals surface area contributed by atoms with Crippen LogP contribution in [0.15, 0.2) is 119 Å². The van der Waals surface area contributed by atoms with Gasteiger partial charge in [0.25, 0.3) is 0 Å². The minimum absolute atomic E-state index is 0.101. The fourth-order valence-corrected chi connectivity index (χ4v) is 6.12. The van der Waals surface area contributed by atoms with E-state index in [-0.39, 0.29) is 23.4 Å². The third-order valence-electron chi connectivity index (χ3n) is 7.78. The Morgan fingerprint density at radius 3 is 2.26 bits per heavy atom. The Balaban J connectivity index is 0.00000144. The van der Waals surface area contributed by atoms with Crippen molar-refractivity contribution in [2.75, 3.05) is 10.2 Å². The normalized spacial score (nSPS) is 24.5. The maximum Gasteiger partial charge on any atom is 0.230 e. The number of allylic oxidation sites excluding steroid dienone is 3. The van der Waals surface area contributed by atoms with Crippen LogP contribution in [0.2, 0.25) is 0 Å². The molecule has 4 nitrogen and oxygen atoms in total. The van der Waals surface area contributed by atoms with Gasteiger partial charge in [-0.15, -0.1) is 0 Å². The van der Waals surface area contributed by atoms with Crippen LogP contribution in [0.4, 0.5) is 11.4 Å². The first-order valence-corrected chi connectivity index (χ1v) is 13.4. The molecule has 2 aliphatic heterocycles. The van der Waals surface area contributed by atoms with Crippen LogP contribution in [0.25, 0.3) is 0 Å². The van der Waals surface area contributed by atoms with Crippen molar-refractivity contribution in [2.45, 2.75) is 51.1 Å². The van der Waals surface area contributed by atoms with Gasteiger partial charge in [-0.3, -0.25) is 0 Å². The van der Waals surface area contributed by atoms with E-state index in [1.807, 2.05) is 20.8 Å². The lowest BCUT2D eigenvalue weighted by Crippen LogP contribution is -2.37. The van der Waals surface area contributed by atoms with Gasteiger partial charge in [0.05, 0.1) is 12.1 Å². The van der Waals surface area contributed by atoms with E-state index >= 15 is 0 Å². The summed E-state index contributed by atoms with van der Waals surface area (Å²) < 4.78 is 0. The molecule has 1 aliphatic carbocycles. The van der Waals surface area contributed by atoms with Crippen LogP contribution in [-0.4, -0.2) is 18.7 Å². The molecule has 0 bridgehead atoms. The third kappa shape index (κ3) is 4.01. The van der Waals surface area contributed by atoms with Crippen molar-refractivity contribution >= 4 is 24.1 Å². The number of aliphatic imine (C=N–C) groups is 2.